The number of thiazole rings is 2. The average Bonchev–Trinajstić information content (AvgIpc) is 1.59. The Kier molecular flexibility index (Phi) is 38.4. The van der Waals surface area contributed by atoms with Crippen molar-refractivity contribution in [2.45, 2.75) is 223 Å². The summed E-state index contributed by atoms with van der Waals surface area (Å²) in [5.74, 6) is -1.92. The number of hydrogen-bond donors (Lipinski definition) is 2. The molecule has 6 atom stereocenters. The Hall–Kier alpha value is -11.6. The lowest BCUT2D eigenvalue weighted by Gasteiger charge is -2.34. The molecule has 760 valence electrons. The number of likely N-dealkylation sites (tertiary alicyclic amines) is 2. The lowest BCUT2D eigenvalue weighted by molar-refractivity contribution is -0.146. The maximum atomic E-state index is 14.1. The van der Waals surface area contributed by atoms with Crippen molar-refractivity contribution in [2.75, 3.05) is 98.8 Å². The Balaban J connectivity index is 0.000000271. The first-order valence-electron chi connectivity index (χ1n) is 47.6. The Labute approximate surface area is 844 Å². The van der Waals surface area contributed by atoms with Crippen molar-refractivity contribution in [1.29, 1.82) is 10.5 Å². The van der Waals surface area contributed by atoms with E-state index in [-0.39, 0.29) is 94.7 Å². The topological polar surface area (TPSA) is 322 Å². The highest BCUT2D eigenvalue weighted by molar-refractivity contribution is 7.81. The predicted molar refractivity (Wildman–Crippen MR) is 539 cm³/mol. The number of halogens is 6. The van der Waals surface area contributed by atoms with Crippen LogP contribution in [0, 0.1) is 71.0 Å². The molecule has 4 saturated heterocycles. The van der Waals surface area contributed by atoms with Gasteiger partial charge in [-0.05, 0) is 248 Å². The molecule has 0 bridgehead atoms. The van der Waals surface area contributed by atoms with Crippen LogP contribution in [-0.4, -0.2) is 184 Å². The fraction of sp³-hybridized carbons (Fsp3) is 0.495. The summed E-state index contributed by atoms with van der Waals surface area (Å²) in [6.07, 6.45) is -1.36. The van der Waals surface area contributed by atoms with E-state index in [1.807, 2.05) is 129 Å². The summed E-state index contributed by atoms with van der Waals surface area (Å²) in [5.41, 5.74) is 3.28. The number of anilines is 4. The summed E-state index contributed by atoms with van der Waals surface area (Å²) in [6, 6.07) is 35.5. The van der Waals surface area contributed by atoms with Gasteiger partial charge in [-0.3, -0.25) is 48.2 Å². The zero-order valence-electron chi connectivity index (χ0n) is 82.7. The molecule has 27 nitrogen and oxygen atoms in total. The van der Waals surface area contributed by atoms with Crippen molar-refractivity contribution in [3.63, 3.8) is 0 Å². The number of carbonyl (C=O) groups excluding carboxylic acids is 8. The Morgan fingerprint density at radius 2 is 0.859 bits per heavy atom. The fourth-order valence-corrected chi connectivity index (χ4v) is 20.2. The summed E-state index contributed by atoms with van der Waals surface area (Å²) in [7, 11) is 0. The molecule has 8 aromatic rings. The molecule has 0 aliphatic carbocycles. The number of ether oxygens (including phenoxy) is 6. The number of Topliss-reactive ketones (excluding diaryl/α,β-unsaturated/α-hetero) is 2. The molecule has 12 rings (SSSR count). The fourth-order valence-electron chi connectivity index (χ4n) is 17.5. The summed E-state index contributed by atoms with van der Waals surface area (Å²) >= 11 is 14.4. The highest BCUT2D eigenvalue weighted by Gasteiger charge is 2.54. The number of nitriles is 2. The standard InChI is InChI=1S/C53H63F3N6O7S2.C52H62F3N7O7S2/c1-34-26-45(47(64)58-30-36-12-14-37(15-13-36)46-35(2)59-33-71-46)60(31-34)48(65)44(51(3,4)5)28-41(63)32-68-24-11-23-67-22-9-8-10-25-69-42-20-18-39(19-21-42)62-50(70)61(49(66)52(62,6)7)40-17-16-38(29-57)43(27-40)53(54,55)56;1-33-24-44(46(64)58-28-35-12-14-36(15-13-35)45-34(2)59-32-71-45)60(30-33)47(65)42(50(3,4)5)26-39(63)31-68-22-11-21-67-20-9-8-10-23-69-40-18-16-37(17-19-40)62-49(70)61(48(66)51(62,6)7)38-25-41(52(53,54)55)43(27-56)57-29-38/h12-21,27,33-34,44-45H,8-11,22-26,28,30-32H2,1-7H3,(H,58,64);12-19,25,29,32-33,42,44H,8-11,20-24,26,28,30-31H2,1-7H3,(H,58,64)/t34-,44-,45+;33-,42-,44+/m11/s1. The second kappa shape index (κ2) is 49.2. The first kappa shape index (κ1) is 111. The van der Waals surface area contributed by atoms with Crippen molar-refractivity contribution in [3.8, 4) is 44.5 Å². The molecular formula is C105H125F6N13O14S4. The molecule has 7 heterocycles. The van der Waals surface area contributed by atoms with Gasteiger partial charge in [-0.25, -0.2) is 15.0 Å². The molecule has 4 aliphatic rings. The first-order valence-corrected chi connectivity index (χ1v) is 50.2. The lowest BCUT2D eigenvalue weighted by atomic mass is 9.77. The van der Waals surface area contributed by atoms with Crippen LogP contribution in [0.3, 0.4) is 0 Å². The van der Waals surface area contributed by atoms with Gasteiger partial charge in [0, 0.05) is 102 Å². The lowest BCUT2D eigenvalue weighted by Crippen LogP contribution is -2.50. The van der Waals surface area contributed by atoms with E-state index < -0.39 is 92.4 Å². The van der Waals surface area contributed by atoms with Crippen molar-refractivity contribution in [2.24, 2.45) is 34.5 Å². The Morgan fingerprint density at radius 3 is 1.23 bits per heavy atom. The van der Waals surface area contributed by atoms with E-state index in [1.165, 1.54) is 12.1 Å². The zero-order valence-corrected chi connectivity index (χ0v) is 85.9. The minimum Gasteiger partial charge on any atom is -0.494 e. The van der Waals surface area contributed by atoms with E-state index in [2.05, 4.69) is 25.6 Å². The van der Waals surface area contributed by atoms with Crippen molar-refractivity contribution < 1.29 is 93.1 Å². The maximum Gasteiger partial charge on any atom is 0.419 e. The van der Waals surface area contributed by atoms with Gasteiger partial charge in [0.05, 0.1) is 85.7 Å². The second-order valence-corrected chi connectivity index (χ2v) is 41.8. The highest BCUT2D eigenvalue weighted by Crippen LogP contribution is 2.45. The molecule has 0 saturated carbocycles. The normalized spacial score (nSPS) is 17.4. The molecule has 37 heteroatoms. The second-order valence-electron chi connectivity index (χ2n) is 39.4. The largest absolute Gasteiger partial charge is 0.494 e. The van der Waals surface area contributed by atoms with Crippen LogP contribution in [0.5, 0.6) is 11.5 Å². The molecule has 6 amide bonds. The van der Waals surface area contributed by atoms with E-state index in [9.17, 15) is 70.0 Å². The van der Waals surface area contributed by atoms with Crippen LogP contribution < -0.4 is 39.7 Å². The number of amides is 6. The van der Waals surface area contributed by atoms with Gasteiger partial charge in [0.1, 0.15) is 53.9 Å². The van der Waals surface area contributed by atoms with Crippen LogP contribution in [0.2, 0.25) is 0 Å². The number of hydrogen-bond acceptors (Lipinski definition) is 23. The van der Waals surface area contributed by atoms with Gasteiger partial charge in [-0.1, -0.05) is 104 Å². The number of pyridine rings is 1. The smallest absolute Gasteiger partial charge is 0.419 e. The minimum atomic E-state index is -4.86. The van der Waals surface area contributed by atoms with Crippen LogP contribution in [0.1, 0.15) is 205 Å². The van der Waals surface area contributed by atoms with E-state index in [1.54, 1.807) is 125 Å². The quantitative estimate of drug-likeness (QED) is 0.0203. The number of ketones is 2. The van der Waals surface area contributed by atoms with Gasteiger partial charge >= 0.3 is 12.4 Å². The Morgan fingerprint density at radius 1 is 0.486 bits per heavy atom. The van der Waals surface area contributed by atoms with Gasteiger partial charge < -0.3 is 58.7 Å². The molecular weight excluding hydrogens is 1910 g/mol. The number of unbranched alkanes of at least 4 members (excludes halogenated alkanes) is 4. The summed E-state index contributed by atoms with van der Waals surface area (Å²) < 4.78 is 117. The number of alkyl halides is 6. The molecule has 3 aromatic heterocycles. The highest BCUT2D eigenvalue weighted by atomic mass is 32.1. The van der Waals surface area contributed by atoms with E-state index in [0.29, 0.717) is 134 Å². The van der Waals surface area contributed by atoms with Crippen LogP contribution in [0.15, 0.2) is 139 Å². The first-order chi connectivity index (χ1) is 67.2. The van der Waals surface area contributed by atoms with Crippen LogP contribution in [0.4, 0.5) is 49.1 Å². The predicted octanol–water partition coefficient (Wildman–Crippen LogP) is 19.5. The number of aromatic nitrogens is 3. The maximum absolute atomic E-state index is 14.1. The zero-order chi connectivity index (χ0) is 103. The number of rotatable bonds is 44. The number of carbonyl (C=O) groups is 8. The molecule has 2 N–H and O–H groups in total. The van der Waals surface area contributed by atoms with Gasteiger partial charge in [0.2, 0.25) is 23.6 Å². The summed E-state index contributed by atoms with van der Waals surface area (Å²) in [6.45, 7) is 31.2. The van der Waals surface area contributed by atoms with Crippen molar-refractivity contribution in [1.82, 2.24) is 35.4 Å². The molecule has 142 heavy (non-hydrogen) atoms. The number of benzene rings is 5. The van der Waals surface area contributed by atoms with Gasteiger partial charge in [-0.2, -0.15) is 36.9 Å². The number of thiocarbonyl (C=S) groups is 2. The third-order valence-electron chi connectivity index (χ3n) is 25.4. The van der Waals surface area contributed by atoms with Crippen molar-refractivity contribution in [3.05, 3.63) is 183 Å². The monoisotopic (exact) mass is 2030 g/mol. The Bertz CT molecular complexity index is 5500. The van der Waals surface area contributed by atoms with Gasteiger partial charge in [-0.15, -0.1) is 22.7 Å². The van der Waals surface area contributed by atoms with E-state index in [4.69, 9.17) is 58.1 Å². The number of nitrogens with one attached hydrogen (secondary N) is 2. The number of aryl methyl sites for hydroxylation is 2. The molecule has 4 aliphatic heterocycles. The van der Waals surface area contributed by atoms with Crippen molar-refractivity contribution >= 4 is 127 Å². The van der Waals surface area contributed by atoms with Crippen LogP contribution in [-0.2, 0) is 82.7 Å². The third-order valence-corrected chi connectivity index (χ3v) is 28.1. The van der Waals surface area contributed by atoms with E-state index >= 15 is 0 Å². The average molecular weight is 2040 g/mol. The van der Waals surface area contributed by atoms with E-state index in [0.717, 1.165) is 110 Å². The molecule has 0 unspecified atom stereocenters. The molecule has 0 radical (unpaired) electrons. The third kappa shape index (κ3) is 28.5. The molecule has 0 spiro atoms. The van der Waals surface area contributed by atoms with Gasteiger partial charge in [0.25, 0.3) is 11.8 Å². The summed E-state index contributed by atoms with van der Waals surface area (Å²) in [4.78, 5) is 132. The minimum absolute atomic E-state index is 0.00904. The summed E-state index contributed by atoms with van der Waals surface area (Å²) in [5, 5.41) is 24.4. The van der Waals surface area contributed by atoms with Crippen LogP contribution in [0.25, 0.3) is 20.9 Å². The molecule has 4 fully saturated rings. The van der Waals surface area contributed by atoms with Crippen LogP contribution >= 0.6 is 47.1 Å². The van der Waals surface area contributed by atoms with Gasteiger partial charge in [0.15, 0.2) is 27.5 Å². The SMILES string of the molecule is Cc1ncsc1-c1ccc(CNC(=O)[C@@H]2C[C@@H](C)CN2C(=O)[C@@H](CC(=O)COCCCOCCCCCOc2ccc(N3C(=S)N(c4ccc(C#N)c(C(F)(F)F)c4)C(=O)C3(C)C)cc2)C(C)(C)C)cc1.Cc1ncsc1-c1ccc(CNC(=O)[C@@H]2C[C@@H](C)CN2C(=O)[C@@H](CC(=O)COCCCOCCCCCOc2ccc(N3C(=S)N(c4cnc(C#N)c(C(F)(F)F)c4)C(=O)C3(C)C)cc2)C(C)(C)C)cc1. The molecule has 5 aromatic carbocycles. The number of nitrogens with zero attached hydrogens (tertiary/aromatic N) is 11.